The lowest BCUT2D eigenvalue weighted by Gasteiger charge is -2.24. The summed E-state index contributed by atoms with van der Waals surface area (Å²) < 4.78 is 10.4. The normalized spacial score (nSPS) is 15.1. The van der Waals surface area contributed by atoms with Crippen LogP contribution < -0.4 is 14.8 Å². The number of carbonyl (C=O) groups is 1. The van der Waals surface area contributed by atoms with Crippen molar-refractivity contribution in [3.8, 4) is 11.5 Å². The van der Waals surface area contributed by atoms with Crippen LogP contribution in [0, 0.1) is 0 Å². The lowest BCUT2D eigenvalue weighted by atomic mass is 10.1. The lowest BCUT2D eigenvalue weighted by molar-refractivity contribution is 0.0943. The molecule has 1 amide bonds. The predicted octanol–water partition coefficient (Wildman–Crippen LogP) is 2.31. The minimum absolute atomic E-state index is 0.129. The summed E-state index contributed by atoms with van der Waals surface area (Å²) in [5.74, 6) is 1.08. The second kappa shape index (κ2) is 8.03. The van der Waals surface area contributed by atoms with E-state index in [9.17, 15) is 4.79 Å². The van der Waals surface area contributed by atoms with E-state index in [1.54, 1.807) is 32.4 Å². The van der Waals surface area contributed by atoms with Crippen molar-refractivity contribution >= 4 is 5.91 Å². The number of carbonyl (C=O) groups excluding carboxylic acids is 1. The van der Waals surface area contributed by atoms with Gasteiger partial charge in [0.05, 0.1) is 19.8 Å². The molecule has 0 radical (unpaired) electrons. The van der Waals surface area contributed by atoms with Gasteiger partial charge in [-0.2, -0.15) is 0 Å². The van der Waals surface area contributed by atoms with Crippen LogP contribution in [0.3, 0.4) is 0 Å². The van der Waals surface area contributed by atoms with Crippen molar-refractivity contribution in [2.24, 2.45) is 0 Å². The molecule has 1 N–H and O–H groups in total. The minimum Gasteiger partial charge on any atom is -0.497 e. The smallest absolute Gasteiger partial charge is 0.255 e. The molecule has 22 heavy (non-hydrogen) atoms. The molecular formula is C17H26N2O3. The molecule has 0 heterocycles. The molecule has 5 heteroatoms. The van der Waals surface area contributed by atoms with E-state index in [1.807, 2.05) is 0 Å². The maximum Gasteiger partial charge on any atom is 0.255 e. The quantitative estimate of drug-likeness (QED) is 0.840. The van der Waals surface area contributed by atoms with Gasteiger partial charge in [0.2, 0.25) is 0 Å². The van der Waals surface area contributed by atoms with Gasteiger partial charge in [-0.25, -0.2) is 0 Å². The third-order valence-electron chi connectivity index (χ3n) is 4.35. The number of ether oxygens (including phenoxy) is 2. The number of rotatable bonds is 7. The van der Waals surface area contributed by atoms with Gasteiger partial charge in [0, 0.05) is 19.1 Å². The first-order valence-electron chi connectivity index (χ1n) is 7.86. The molecule has 1 fully saturated rings. The number of nitrogens with one attached hydrogen (secondary N) is 1. The van der Waals surface area contributed by atoms with Gasteiger partial charge in [0.25, 0.3) is 5.91 Å². The molecule has 1 aliphatic carbocycles. The predicted molar refractivity (Wildman–Crippen MR) is 86.8 cm³/mol. The highest BCUT2D eigenvalue weighted by atomic mass is 16.5. The van der Waals surface area contributed by atoms with Crippen molar-refractivity contribution in [2.75, 3.05) is 34.4 Å². The molecule has 0 bridgehead atoms. The third-order valence-corrected chi connectivity index (χ3v) is 4.35. The highest BCUT2D eigenvalue weighted by molar-refractivity contribution is 5.97. The minimum atomic E-state index is -0.129. The summed E-state index contributed by atoms with van der Waals surface area (Å²) in [6.45, 7) is 1.49. The van der Waals surface area contributed by atoms with Gasteiger partial charge in [-0.3, -0.25) is 4.79 Å². The number of amides is 1. The maximum absolute atomic E-state index is 12.3. The van der Waals surface area contributed by atoms with Crippen LogP contribution in [0.2, 0.25) is 0 Å². The highest BCUT2D eigenvalue weighted by Gasteiger charge is 2.19. The van der Waals surface area contributed by atoms with Crippen LogP contribution in [-0.4, -0.2) is 51.2 Å². The fraction of sp³-hybridized carbons (Fsp3) is 0.588. The van der Waals surface area contributed by atoms with Gasteiger partial charge in [0.1, 0.15) is 11.5 Å². The summed E-state index contributed by atoms with van der Waals surface area (Å²) in [6.07, 6.45) is 5.19. The summed E-state index contributed by atoms with van der Waals surface area (Å²) in [4.78, 5) is 14.7. The van der Waals surface area contributed by atoms with Crippen LogP contribution in [0.15, 0.2) is 18.2 Å². The van der Waals surface area contributed by atoms with Crippen LogP contribution in [0.25, 0.3) is 0 Å². The van der Waals surface area contributed by atoms with Gasteiger partial charge in [0.15, 0.2) is 0 Å². The van der Waals surface area contributed by atoms with Crippen molar-refractivity contribution < 1.29 is 14.3 Å². The average molecular weight is 306 g/mol. The van der Waals surface area contributed by atoms with Gasteiger partial charge >= 0.3 is 0 Å². The van der Waals surface area contributed by atoms with Crippen LogP contribution >= 0.6 is 0 Å². The second-order valence-corrected chi connectivity index (χ2v) is 5.74. The van der Waals surface area contributed by atoms with E-state index in [1.165, 1.54) is 25.7 Å². The van der Waals surface area contributed by atoms with E-state index >= 15 is 0 Å². The largest absolute Gasteiger partial charge is 0.497 e. The number of likely N-dealkylation sites (N-methyl/N-ethyl adjacent to an activating group) is 1. The Morgan fingerprint density at radius 3 is 2.64 bits per heavy atom. The Hall–Kier alpha value is -1.75. The molecule has 0 unspecified atom stereocenters. The molecule has 122 valence electrons. The first-order chi connectivity index (χ1) is 10.7. The SMILES string of the molecule is COc1ccc(OC)c(C(=O)NCCN(C)C2CCCC2)c1. The Balaban J connectivity index is 1.88. The van der Waals surface area contributed by atoms with Crippen LogP contribution in [0.4, 0.5) is 0 Å². The number of hydrogen-bond donors (Lipinski definition) is 1. The molecule has 1 aromatic carbocycles. The molecule has 5 nitrogen and oxygen atoms in total. The van der Waals surface area contributed by atoms with Gasteiger partial charge in [-0.15, -0.1) is 0 Å². The Morgan fingerprint density at radius 2 is 2.00 bits per heavy atom. The first kappa shape index (κ1) is 16.6. The standard InChI is InChI=1S/C17H26N2O3/c1-19(13-6-4-5-7-13)11-10-18-17(20)15-12-14(21-2)8-9-16(15)22-3/h8-9,12-13H,4-7,10-11H2,1-3H3,(H,18,20). The monoisotopic (exact) mass is 306 g/mol. The fourth-order valence-corrected chi connectivity index (χ4v) is 2.96. The zero-order chi connectivity index (χ0) is 15.9. The van der Waals surface area contributed by atoms with Crippen LogP contribution in [-0.2, 0) is 0 Å². The van der Waals surface area contributed by atoms with Crippen molar-refractivity contribution in [1.82, 2.24) is 10.2 Å². The van der Waals surface area contributed by atoms with E-state index in [0.717, 1.165) is 6.54 Å². The second-order valence-electron chi connectivity index (χ2n) is 5.74. The summed E-state index contributed by atoms with van der Waals surface area (Å²) >= 11 is 0. The first-order valence-corrected chi connectivity index (χ1v) is 7.86. The number of nitrogens with zero attached hydrogens (tertiary/aromatic N) is 1. The zero-order valence-corrected chi connectivity index (χ0v) is 13.7. The Bertz CT molecular complexity index is 499. The number of hydrogen-bond acceptors (Lipinski definition) is 4. The van der Waals surface area contributed by atoms with E-state index in [0.29, 0.717) is 29.6 Å². The van der Waals surface area contributed by atoms with E-state index in [4.69, 9.17) is 9.47 Å². The van der Waals surface area contributed by atoms with Crippen molar-refractivity contribution in [3.05, 3.63) is 23.8 Å². The topological polar surface area (TPSA) is 50.8 Å². The summed E-state index contributed by atoms with van der Waals surface area (Å²) in [5, 5.41) is 2.96. The maximum atomic E-state index is 12.3. The van der Waals surface area contributed by atoms with Gasteiger partial charge in [-0.05, 0) is 38.1 Å². The van der Waals surface area contributed by atoms with E-state index in [2.05, 4.69) is 17.3 Å². The van der Waals surface area contributed by atoms with Crippen molar-refractivity contribution in [3.63, 3.8) is 0 Å². The molecule has 1 saturated carbocycles. The Labute approximate surface area is 132 Å². The molecule has 0 saturated heterocycles. The Kier molecular flexibility index (Phi) is 6.07. The van der Waals surface area contributed by atoms with Crippen LogP contribution in [0.1, 0.15) is 36.0 Å². The number of benzene rings is 1. The van der Waals surface area contributed by atoms with Crippen molar-refractivity contribution in [1.29, 1.82) is 0 Å². The molecule has 1 aliphatic rings. The molecule has 0 atom stereocenters. The average Bonchev–Trinajstić information content (AvgIpc) is 3.08. The van der Waals surface area contributed by atoms with Crippen LogP contribution in [0.5, 0.6) is 11.5 Å². The van der Waals surface area contributed by atoms with E-state index < -0.39 is 0 Å². The third kappa shape index (κ3) is 4.13. The molecule has 0 aliphatic heterocycles. The highest BCUT2D eigenvalue weighted by Crippen LogP contribution is 2.24. The fourth-order valence-electron chi connectivity index (χ4n) is 2.96. The molecule has 1 aromatic rings. The molecule has 2 rings (SSSR count). The summed E-state index contributed by atoms with van der Waals surface area (Å²) in [6, 6.07) is 5.90. The zero-order valence-electron chi connectivity index (χ0n) is 13.7. The molecule has 0 aromatic heterocycles. The van der Waals surface area contributed by atoms with E-state index in [-0.39, 0.29) is 5.91 Å². The number of methoxy groups -OCH3 is 2. The van der Waals surface area contributed by atoms with Crippen molar-refractivity contribution in [2.45, 2.75) is 31.7 Å². The molecular weight excluding hydrogens is 280 g/mol. The van der Waals surface area contributed by atoms with Gasteiger partial charge in [-0.1, -0.05) is 12.8 Å². The summed E-state index contributed by atoms with van der Waals surface area (Å²) in [5.41, 5.74) is 0.505. The summed E-state index contributed by atoms with van der Waals surface area (Å²) in [7, 11) is 5.28. The Morgan fingerprint density at radius 1 is 1.27 bits per heavy atom. The molecule has 0 spiro atoms. The van der Waals surface area contributed by atoms with Gasteiger partial charge < -0.3 is 19.7 Å². The lowest BCUT2D eigenvalue weighted by Crippen LogP contribution is -2.37.